The standard InChI is InChI=1S/C8H7ClF4N2O/c9-1-5-2-14-3-6(15-5)16-4-8(12,13)7(10)11/h2-3,7H,1,4H2. The third-order valence-electron chi connectivity index (χ3n) is 1.53. The highest BCUT2D eigenvalue weighted by Crippen LogP contribution is 2.23. The summed E-state index contributed by atoms with van der Waals surface area (Å²) in [5.41, 5.74) is 0.305. The van der Waals surface area contributed by atoms with Gasteiger partial charge in [-0.15, -0.1) is 11.6 Å². The molecule has 0 aromatic carbocycles. The summed E-state index contributed by atoms with van der Waals surface area (Å²) in [4.78, 5) is 7.26. The molecule has 3 nitrogen and oxygen atoms in total. The molecule has 0 N–H and O–H groups in total. The van der Waals surface area contributed by atoms with Gasteiger partial charge < -0.3 is 4.74 Å². The van der Waals surface area contributed by atoms with Gasteiger partial charge in [0.25, 0.3) is 0 Å². The molecular weight excluding hydrogens is 252 g/mol. The number of hydrogen-bond donors (Lipinski definition) is 0. The molecule has 0 radical (unpaired) electrons. The van der Waals surface area contributed by atoms with Crippen LogP contribution in [0.25, 0.3) is 0 Å². The lowest BCUT2D eigenvalue weighted by Gasteiger charge is -2.15. The highest BCUT2D eigenvalue weighted by molar-refractivity contribution is 6.16. The fourth-order valence-corrected chi connectivity index (χ4v) is 0.882. The van der Waals surface area contributed by atoms with E-state index in [1.165, 1.54) is 6.20 Å². The predicted molar refractivity (Wildman–Crippen MR) is 48.0 cm³/mol. The van der Waals surface area contributed by atoms with Crippen molar-refractivity contribution in [3.63, 3.8) is 0 Å². The predicted octanol–water partition coefficient (Wildman–Crippen LogP) is 2.49. The number of hydrogen-bond acceptors (Lipinski definition) is 3. The fourth-order valence-electron chi connectivity index (χ4n) is 0.753. The molecule has 0 saturated heterocycles. The van der Waals surface area contributed by atoms with Crippen LogP contribution in [0.5, 0.6) is 5.88 Å². The topological polar surface area (TPSA) is 35.0 Å². The van der Waals surface area contributed by atoms with Crippen molar-refractivity contribution < 1.29 is 22.3 Å². The third-order valence-corrected chi connectivity index (χ3v) is 1.80. The van der Waals surface area contributed by atoms with Crippen LogP contribution in [-0.2, 0) is 5.88 Å². The molecule has 0 amide bonds. The van der Waals surface area contributed by atoms with E-state index in [-0.39, 0.29) is 11.8 Å². The first kappa shape index (κ1) is 13.0. The monoisotopic (exact) mass is 258 g/mol. The van der Waals surface area contributed by atoms with Crippen LogP contribution in [0.15, 0.2) is 12.4 Å². The van der Waals surface area contributed by atoms with Gasteiger partial charge in [-0.2, -0.15) is 8.78 Å². The summed E-state index contributed by atoms with van der Waals surface area (Å²) in [6.07, 6.45) is -1.43. The Morgan fingerprint density at radius 1 is 1.38 bits per heavy atom. The van der Waals surface area contributed by atoms with Crippen LogP contribution in [-0.4, -0.2) is 28.9 Å². The maximum Gasteiger partial charge on any atom is 0.340 e. The van der Waals surface area contributed by atoms with E-state index in [4.69, 9.17) is 11.6 Å². The highest BCUT2D eigenvalue weighted by atomic mass is 35.5. The summed E-state index contributed by atoms with van der Waals surface area (Å²) >= 11 is 5.41. The van der Waals surface area contributed by atoms with E-state index in [1.54, 1.807) is 0 Å². The second-order valence-electron chi connectivity index (χ2n) is 2.83. The van der Waals surface area contributed by atoms with Gasteiger partial charge in [0.05, 0.1) is 17.8 Å². The van der Waals surface area contributed by atoms with E-state index in [0.29, 0.717) is 5.69 Å². The van der Waals surface area contributed by atoms with Crippen molar-refractivity contribution in [2.24, 2.45) is 0 Å². The fraction of sp³-hybridized carbons (Fsp3) is 0.500. The van der Waals surface area contributed by atoms with Gasteiger partial charge in [-0.25, -0.2) is 13.8 Å². The van der Waals surface area contributed by atoms with Gasteiger partial charge >= 0.3 is 12.3 Å². The third kappa shape index (κ3) is 3.48. The molecule has 8 heteroatoms. The Labute approximate surface area is 93.4 Å². The van der Waals surface area contributed by atoms with Gasteiger partial charge in [0.1, 0.15) is 0 Å². The van der Waals surface area contributed by atoms with Gasteiger partial charge in [0.2, 0.25) is 5.88 Å². The molecule has 0 atom stereocenters. The molecule has 16 heavy (non-hydrogen) atoms. The van der Waals surface area contributed by atoms with Crippen molar-refractivity contribution in [1.82, 2.24) is 9.97 Å². The average molecular weight is 259 g/mol. The maximum absolute atomic E-state index is 12.5. The molecule has 1 heterocycles. The Morgan fingerprint density at radius 3 is 2.62 bits per heavy atom. The van der Waals surface area contributed by atoms with Crippen molar-refractivity contribution in [2.45, 2.75) is 18.2 Å². The van der Waals surface area contributed by atoms with Crippen LogP contribution in [0.1, 0.15) is 5.69 Å². The van der Waals surface area contributed by atoms with Crippen LogP contribution < -0.4 is 4.74 Å². The minimum Gasteiger partial charge on any atom is -0.470 e. The minimum absolute atomic E-state index is 0.0233. The van der Waals surface area contributed by atoms with E-state index >= 15 is 0 Å². The molecule has 1 aromatic rings. The molecule has 0 spiro atoms. The second kappa shape index (κ2) is 5.29. The van der Waals surface area contributed by atoms with Gasteiger partial charge in [0, 0.05) is 6.20 Å². The number of nitrogens with zero attached hydrogens (tertiary/aromatic N) is 2. The van der Waals surface area contributed by atoms with Crippen molar-refractivity contribution in [1.29, 1.82) is 0 Å². The van der Waals surface area contributed by atoms with E-state index in [0.717, 1.165) is 6.20 Å². The molecule has 1 rings (SSSR count). The van der Waals surface area contributed by atoms with Crippen LogP contribution in [0.4, 0.5) is 17.6 Å². The van der Waals surface area contributed by atoms with Crippen LogP contribution >= 0.6 is 11.6 Å². The van der Waals surface area contributed by atoms with Crippen LogP contribution in [0.2, 0.25) is 0 Å². The van der Waals surface area contributed by atoms with Crippen molar-refractivity contribution in [3.05, 3.63) is 18.1 Å². The number of alkyl halides is 5. The lowest BCUT2D eigenvalue weighted by atomic mass is 10.4. The molecule has 90 valence electrons. The van der Waals surface area contributed by atoms with Gasteiger partial charge in [-0.3, -0.25) is 4.98 Å². The molecule has 0 aliphatic heterocycles. The summed E-state index contributed by atoms with van der Waals surface area (Å²) in [5.74, 6) is -4.45. The largest absolute Gasteiger partial charge is 0.470 e. The summed E-state index contributed by atoms with van der Waals surface area (Å²) in [6.45, 7) is -1.45. The van der Waals surface area contributed by atoms with E-state index < -0.39 is 19.0 Å². The zero-order valence-electron chi connectivity index (χ0n) is 7.84. The normalized spacial score (nSPS) is 11.9. The Morgan fingerprint density at radius 2 is 2.06 bits per heavy atom. The summed E-state index contributed by atoms with van der Waals surface area (Å²) < 4.78 is 52.9. The molecular formula is C8H7ClF4N2O. The van der Waals surface area contributed by atoms with Crippen molar-refractivity contribution in [3.8, 4) is 5.88 Å². The van der Waals surface area contributed by atoms with E-state index in [9.17, 15) is 17.6 Å². The number of ether oxygens (including phenoxy) is 1. The highest BCUT2D eigenvalue weighted by Gasteiger charge is 2.41. The summed E-state index contributed by atoms with van der Waals surface area (Å²) in [5, 5.41) is 0. The zero-order valence-corrected chi connectivity index (χ0v) is 8.59. The molecule has 0 aliphatic rings. The van der Waals surface area contributed by atoms with Gasteiger partial charge in [0.15, 0.2) is 6.61 Å². The molecule has 0 fully saturated rings. The van der Waals surface area contributed by atoms with Gasteiger partial charge in [-0.1, -0.05) is 0 Å². The molecule has 0 saturated carbocycles. The summed E-state index contributed by atoms with van der Waals surface area (Å²) in [6, 6.07) is 0. The van der Waals surface area contributed by atoms with Crippen LogP contribution in [0.3, 0.4) is 0 Å². The van der Waals surface area contributed by atoms with Crippen molar-refractivity contribution >= 4 is 11.6 Å². The Bertz CT molecular complexity index is 351. The molecule has 0 aliphatic carbocycles. The first-order valence-electron chi connectivity index (χ1n) is 4.11. The van der Waals surface area contributed by atoms with E-state index in [2.05, 4.69) is 14.7 Å². The lowest BCUT2D eigenvalue weighted by molar-refractivity contribution is -0.148. The van der Waals surface area contributed by atoms with Gasteiger partial charge in [-0.05, 0) is 0 Å². The Kier molecular flexibility index (Phi) is 4.28. The second-order valence-corrected chi connectivity index (χ2v) is 3.10. The SMILES string of the molecule is FC(F)C(F)(F)COc1cncc(CCl)n1. The first-order valence-corrected chi connectivity index (χ1v) is 4.65. The number of aromatic nitrogens is 2. The van der Waals surface area contributed by atoms with E-state index in [1.807, 2.05) is 0 Å². The average Bonchev–Trinajstić information content (AvgIpc) is 2.26. The first-order chi connectivity index (χ1) is 7.45. The molecule has 0 unspecified atom stereocenters. The molecule has 0 bridgehead atoms. The Balaban J connectivity index is 2.60. The maximum atomic E-state index is 12.5. The lowest BCUT2D eigenvalue weighted by Crippen LogP contribution is -2.33. The summed E-state index contributed by atoms with van der Waals surface area (Å²) in [7, 11) is 0. The van der Waals surface area contributed by atoms with Crippen molar-refractivity contribution in [2.75, 3.05) is 6.61 Å². The molecule has 1 aromatic heterocycles. The zero-order chi connectivity index (χ0) is 12.2. The smallest absolute Gasteiger partial charge is 0.340 e. The number of halogens is 5. The Hall–Kier alpha value is -1.11. The van der Waals surface area contributed by atoms with Crippen LogP contribution in [0, 0.1) is 0 Å². The number of rotatable bonds is 5. The quantitative estimate of drug-likeness (QED) is 0.601. The minimum atomic E-state index is -4.21.